The summed E-state index contributed by atoms with van der Waals surface area (Å²) in [7, 11) is 0. The minimum Gasteiger partial charge on any atom is -0.310 e. The van der Waals surface area contributed by atoms with Gasteiger partial charge in [-0.2, -0.15) is 0 Å². The molecule has 0 aliphatic heterocycles. The van der Waals surface area contributed by atoms with Crippen LogP contribution < -0.4 is 4.90 Å². The Bertz CT molecular complexity index is 2330. The van der Waals surface area contributed by atoms with Crippen molar-refractivity contribution in [3.63, 3.8) is 0 Å². The van der Waals surface area contributed by atoms with Crippen molar-refractivity contribution in [1.82, 2.24) is 0 Å². The average molecular weight is 704 g/mol. The molecule has 6 aliphatic rings. The van der Waals surface area contributed by atoms with Gasteiger partial charge in [-0.05, 0) is 161 Å². The first-order valence-corrected chi connectivity index (χ1v) is 21.2. The summed E-state index contributed by atoms with van der Waals surface area (Å²) in [5, 5.41) is 2.60. The zero-order valence-electron chi connectivity index (χ0n) is 32.2. The van der Waals surface area contributed by atoms with Crippen LogP contribution in [0.2, 0.25) is 0 Å². The van der Waals surface area contributed by atoms with E-state index in [4.69, 9.17) is 0 Å². The largest absolute Gasteiger partial charge is 0.310 e. The number of nitrogens with zero attached hydrogens (tertiary/aromatic N) is 1. The Labute approximate surface area is 322 Å². The molecule has 0 spiro atoms. The van der Waals surface area contributed by atoms with E-state index in [0.29, 0.717) is 11.3 Å². The van der Waals surface area contributed by atoms with E-state index in [1.165, 1.54) is 137 Å². The van der Waals surface area contributed by atoms with Gasteiger partial charge in [0.15, 0.2) is 0 Å². The van der Waals surface area contributed by atoms with Crippen LogP contribution in [0.1, 0.15) is 113 Å². The third kappa shape index (κ3) is 5.10. The van der Waals surface area contributed by atoms with Gasteiger partial charge >= 0.3 is 0 Å². The van der Waals surface area contributed by atoms with Crippen LogP contribution in [0.15, 0.2) is 127 Å². The van der Waals surface area contributed by atoms with Crippen molar-refractivity contribution in [3.8, 4) is 22.3 Å². The van der Waals surface area contributed by atoms with Gasteiger partial charge in [-0.3, -0.25) is 0 Å². The van der Waals surface area contributed by atoms with Gasteiger partial charge in [-0.25, -0.2) is 0 Å². The Balaban J connectivity index is 1.12. The molecule has 0 atom stereocenters. The highest BCUT2D eigenvalue weighted by Crippen LogP contribution is 2.61. The fraction of sp³-hybridized carbons (Fsp3) is 0.358. The van der Waals surface area contributed by atoms with Crippen molar-refractivity contribution in [2.24, 2.45) is 17.8 Å². The second kappa shape index (κ2) is 12.5. The minimum absolute atomic E-state index is 0.160. The summed E-state index contributed by atoms with van der Waals surface area (Å²) in [6, 6.07) is 49.7. The zero-order chi connectivity index (χ0) is 36.0. The van der Waals surface area contributed by atoms with Crippen molar-refractivity contribution in [2.75, 3.05) is 4.90 Å². The van der Waals surface area contributed by atoms with Gasteiger partial charge in [0.1, 0.15) is 0 Å². The first-order valence-electron chi connectivity index (χ1n) is 21.2. The first-order chi connectivity index (χ1) is 26.4. The summed E-state index contributed by atoms with van der Waals surface area (Å²) < 4.78 is 0. The Kier molecular flexibility index (Phi) is 7.56. The highest BCUT2D eigenvalue weighted by Gasteiger charge is 2.51. The molecular formula is C53H53N. The molecule has 6 aliphatic carbocycles. The maximum atomic E-state index is 2.60. The number of hydrogen-bond donors (Lipinski definition) is 0. The molecule has 0 radical (unpaired) electrons. The lowest BCUT2D eigenvalue weighted by atomic mass is 9.48. The quantitative estimate of drug-likeness (QED) is 0.167. The SMILES string of the molecule is CC1(C)c2ccccc2-c2ccc(N(c3ccc(C4CCCCC4)cc3)c3ccc(C45CC6CC(CC(C6)C4)C5)cc3)c(-c3cccc4ccccc34)c21. The molecule has 270 valence electrons. The highest BCUT2D eigenvalue weighted by molar-refractivity contribution is 6.05. The molecule has 0 N–H and O–H groups in total. The first kappa shape index (κ1) is 32.8. The summed E-state index contributed by atoms with van der Waals surface area (Å²) in [6.07, 6.45) is 15.4. The van der Waals surface area contributed by atoms with E-state index in [1.807, 2.05) is 0 Å². The fourth-order valence-electron chi connectivity index (χ4n) is 13.0. The monoisotopic (exact) mass is 703 g/mol. The molecule has 0 amide bonds. The molecule has 4 bridgehead atoms. The standard InChI is InChI=1S/C53H53N/c1-52(2)48-18-9-8-16-45(48)47-27-28-49(50(51(47)52)46-17-10-14-40-13-6-7-15-44(40)46)54(42-23-19-39(20-24-42)38-11-4-3-5-12-38)43-25-21-41(22-26-43)53-32-35-29-36(33-53)31-37(30-35)34-53/h6-10,13-28,35-38H,3-5,11-12,29-34H2,1-2H3. The number of benzene rings is 6. The summed E-state index contributed by atoms with van der Waals surface area (Å²) in [5.74, 6) is 3.51. The van der Waals surface area contributed by atoms with Crippen molar-refractivity contribution < 1.29 is 0 Å². The van der Waals surface area contributed by atoms with Crippen LogP contribution in [0.3, 0.4) is 0 Å². The van der Waals surface area contributed by atoms with Crippen LogP contribution in [0, 0.1) is 17.8 Å². The fourth-order valence-corrected chi connectivity index (χ4v) is 13.0. The molecule has 0 unspecified atom stereocenters. The van der Waals surface area contributed by atoms with Crippen molar-refractivity contribution in [1.29, 1.82) is 0 Å². The summed E-state index contributed by atoms with van der Waals surface area (Å²) in [6.45, 7) is 4.89. The van der Waals surface area contributed by atoms with Crippen LogP contribution in [0.5, 0.6) is 0 Å². The molecule has 0 aromatic heterocycles. The van der Waals surface area contributed by atoms with Crippen LogP contribution in [0.25, 0.3) is 33.0 Å². The number of rotatable bonds is 6. The predicted molar refractivity (Wildman–Crippen MR) is 227 cm³/mol. The highest BCUT2D eigenvalue weighted by atomic mass is 15.1. The lowest BCUT2D eigenvalue weighted by molar-refractivity contribution is -0.00518. The number of fused-ring (bicyclic) bond motifs is 4. The van der Waals surface area contributed by atoms with E-state index >= 15 is 0 Å². The average Bonchev–Trinajstić information content (AvgIpc) is 3.44. The Morgan fingerprint density at radius 2 is 1.15 bits per heavy atom. The van der Waals surface area contributed by atoms with Crippen molar-refractivity contribution in [3.05, 3.63) is 150 Å². The van der Waals surface area contributed by atoms with Gasteiger partial charge in [-0.1, -0.05) is 130 Å². The normalized spacial score (nSPS) is 25.1. The zero-order valence-corrected chi connectivity index (χ0v) is 32.2. The van der Waals surface area contributed by atoms with Gasteiger partial charge < -0.3 is 4.90 Å². The van der Waals surface area contributed by atoms with Crippen molar-refractivity contribution >= 4 is 27.8 Å². The van der Waals surface area contributed by atoms with Gasteiger partial charge in [-0.15, -0.1) is 0 Å². The molecule has 1 heteroatoms. The summed E-state index contributed by atoms with van der Waals surface area (Å²) in [5.41, 5.74) is 15.4. The van der Waals surface area contributed by atoms with Gasteiger partial charge in [0.2, 0.25) is 0 Å². The second-order valence-corrected chi connectivity index (χ2v) is 18.6. The summed E-state index contributed by atoms with van der Waals surface area (Å²) >= 11 is 0. The smallest absolute Gasteiger partial charge is 0.0543 e. The van der Waals surface area contributed by atoms with E-state index < -0.39 is 0 Å². The van der Waals surface area contributed by atoms with E-state index in [2.05, 4.69) is 146 Å². The van der Waals surface area contributed by atoms with E-state index in [1.54, 1.807) is 5.56 Å². The Hall–Kier alpha value is -4.62. The van der Waals surface area contributed by atoms with Crippen molar-refractivity contribution in [2.45, 2.75) is 101 Å². The van der Waals surface area contributed by atoms with E-state index in [0.717, 1.165) is 17.8 Å². The minimum atomic E-state index is -0.160. The molecule has 54 heavy (non-hydrogen) atoms. The predicted octanol–water partition coefficient (Wildman–Crippen LogP) is 14.8. The maximum Gasteiger partial charge on any atom is 0.0543 e. The van der Waals surface area contributed by atoms with Gasteiger partial charge in [0.25, 0.3) is 0 Å². The molecule has 5 saturated carbocycles. The number of hydrogen-bond acceptors (Lipinski definition) is 1. The van der Waals surface area contributed by atoms with Gasteiger partial charge in [0, 0.05) is 22.4 Å². The van der Waals surface area contributed by atoms with Crippen LogP contribution >= 0.6 is 0 Å². The van der Waals surface area contributed by atoms with Gasteiger partial charge in [0.05, 0.1) is 5.69 Å². The Morgan fingerprint density at radius 1 is 0.537 bits per heavy atom. The molecule has 6 aromatic carbocycles. The molecule has 6 aromatic rings. The summed E-state index contributed by atoms with van der Waals surface area (Å²) in [4.78, 5) is 2.60. The number of anilines is 3. The Morgan fingerprint density at radius 3 is 1.87 bits per heavy atom. The lowest BCUT2D eigenvalue weighted by Gasteiger charge is -2.57. The maximum absolute atomic E-state index is 2.60. The molecule has 0 heterocycles. The van der Waals surface area contributed by atoms with Crippen LogP contribution in [-0.4, -0.2) is 0 Å². The molecule has 5 fully saturated rings. The topological polar surface area (TPSA) is 3.24 Å². The third-order valence-corrected chi connectivity index (χ3v) is 15.0. The molecule has 0 saturated heterocycles. The van der Waals surface area contributed by atoms with Crippen LogP contribution in [0.4, 0.5) is 17.1 Å². The molecule has 12 rings (SSSR count). The molecular weight excluding hydrogens is 651 g/mol. The van der Waals surface area contributed by atoms with Crippen LogP contribution in [-0.2, 0) is 10.8 Å². The van der Waals surface area contributed by atoms with E-state index in [9.17, 15) is 0 Å². The third-order valence-electron chi connectivity index (χ3n) is 15.0. The molecule has 1 nitrogen and oxygen atoms in total. The second-order valence-electron chi connectivity index (χ2n) is 18.6. The van der Waals surface area contributed by atoms with E-state index in [-0.39, 0.29) is 5.41 Å². The lowest BCUT2D eigenvalue weighted by Crippen LogP contribution is -2.48.